The molecule has 0 aliphatic carbocycles. The number of hydrogen-bond acceptors (Lipinski definition) is 2. The van der Waals surface area contributed by atoms with Crippen LogP contribution in [0.2, 0.25) is 0 Å². The predicted octanol–water partition coefficient (Wildman–Crippen LogP) is 3.29. The topological polar surface area (TPSA) is 40.5 Å². The van der Waals surface area contributed by atoms with Crippen LogP contribution in [0.1, 0.15) is 36.5 Å². The second-order valence-electron chi connectivity index (χ2n) is 4.95. The third-order valence-corrected chi connectivity index (χ3v) is 3.62. The van der Waals surface area contributed by atoms with E-state index in [0.717, 1.165) is 25.3 Å². The van der Waals surface area contributed by atoms with E-state index in [4.69, 9.17) is 5.11 Å². The Morgan fingerprint density at radius 2 is 2.16 bits per heavy atom. The van der Waals surface area contributed by atoms with Crippen molar-refractivity contribution in [2.24, 2.45) is 5.92 Å². The van der Waals surface area contributed by atoms with Gasteiger partial charge in [-0.1, -0.05) is 13.3 Å². The third kappa shape index (κ3) is 2.69. The molecule has 1 aliphatic heterocycles. The molecule has 0 bridgehead atoms. The number of anilines is 1. The molecule has 1 aromatic carbocycles. The highest BCUT2D eigenvalue weighted by Gasteiger charge is 2.26. The third-order valence-electron chi connectivity index (χ3n) is 3.62. The number of carbonyl (C=O) groups is 1. The number of aromatic carboxylic acids is 1. The van der Waals surface area contributed by atoms with E-state index in [1.54, 1.807) is 4.90 Å². The molecule has 3 nitrogen and oxygen atoms in total. The van der Waals surface area contributed by atoms with Crippen molar-refractivity contribution in [1.29, 1.82) is 0 Å². The summed E-state index contributed by atoms with van der Waals surface area (Å²) in [6, 6.07) is 2.49. The Labute approximate surface area is 110 Å². The highest BCUT2D eigenvalue weighted by Crippen LogP contribution is 2.30. The molecule has 2 rings (SSSR count). The Morgan fingerprint density at radius 1 is 1.42 bits per heavy atom. The Balaban J connectivity index is 2.23. The molecule has 1 saturated heterocycles. The van der Waals surface area contributed by atoms with Crippen LogP contribution in [0.3, 0.4) is 0 Å². The first-order valence-corrected chi connectivity index (χ1v) is 6.50. The standard InChI is InChI=1S/C14H17F2NO2/c1-2-3-9-6-7-17(8-9)11-5-4-10(14(18)19)12(15)13(11)16/h4-5,9H,2-3,6-8H2,1H3,(H,18,19). The number of carboxylic acid groups (broad SMARTS) is 1. The number of benzene rings is 1. The summed E-state index contributed by atoms with van der Waals surface area (Å²) in [5.41, 5.74) is -0.452. The van der Waals surface area contributed by atoms with Crippen LogP contribution in [0.25, 0.3) is 0 Å². The van der Waals surface area contributed by atoms with Crippen LogP contribution in [-0.4, -0.2) is 24.2 Å². The van der Waals surface area contributed by atoms with Gasteiger partial charge in [0.15, 0.2) is 11.6 Å². The first kappa shape index (κ1) is 13.8. The Bertz CT molecular complexity index is 491. The van der Waals surface area contributed by atoms with Crippen molar-refractivity contribution >= 4 is 11.7 Å². The fourth-order valence-corrected chi connectivity index (χ4v) is 2.64. The number of hydrogen-bond donors (Lipinski definition) is 1. The summed E-state index contributed by atoms with van der Waals surface area (Å²) in [4.78, 5) is 12.5. The van der Waals surface area contributed by atoms with Gasteiger partial charge in [0.1, 0.15) is 0 Å². The maximum absolute atomic E-state index is 13.9. The zero-order valence-corrected chi connectivity index (χ0v) is 10.8. The van der Waals surface area contributed by atoms with E-state index in [0.29, 0.717) is 19.0 Å². The molecule has 1 fully saturated rings. The van der Waals surface area contributed by atoms with Gasteiger partial charge in [0.2, 0.25) is 0 Å². The van der Waals surface area contributed by atoms with Crippen molar-refractivity contribution < 1.29 is 18.7 Å². The largest absolute Gasteiger partial charge is 0.478 e. The normalized spacial score (nSPS) is 18.9. The number of halogens is 2. The summed E-state index contributed by atoms with van der Waals surface area (Å²) in [5.74, 6) is -3.28. The highest BCUT2D eigenvalue weighted by molar-refractivity contribution is 5.88. The predicted molar refractivity (Wildman–Crippen MR) is 68.5 cm³/mol. The van der Waals surface area contributed by atoms with E-state index < -0.39 is 23.2 Å². The van der Waals surface area contributed by atoms with Gasteiger partial charge in [0.05, 0.1) is 11.3 Å². The van der Waals surface area contributed by atoms with E-state index in [2.05, 4.69) is 6.92 Å². The van der Waals surface area contributed by atoms with Crippen molar-refractivity contribution in [1.82, 2.24) is 0 Å². The van der Waals surface area contributed by atoms with Crippen molar-refractivity contribution in [3.8, 4) is 0 Å². The molecule has 1 heterocycles. The van der Waals surface area contributed by atoms with Crippen molar-refractivity contribution in [2.75, 3.05) is 18.0 Å². The lowest BCUT2D eigenvalue weighted by Crippen LogP contribution is -2.22. The van der Waals surface area contributed by atoms with E-state index in [1.807, 2.05) is 0 Å². The molecule has 19 heavy (non-hydrogen) atoms. The summed E-state index contributed by atoms with van der Waals surface area (Å²) in [6.45, 7) is 3.49. The van der Waals surface area contributed by atoms with E-state index in [9.17, 15) is 13.6 Å². The average Bonchev–Trinajstić information content (AvgIpc) is 2.81. The molecule has 0 aromatic heterocycles. The molecule has 1 unspecified atom stereocenters. The molecule has 0 saturated carbocycles. The lowest BCUT2D eigenvalue weighted by Gasteiger charge is -2.20. The summed E-state index contributed by atoms with van der Waals surface area (Å²) >= 11 is 0. The van der Waals surface area contributed by atoms with Gasteiger partial charge in [-0.2, -0.15) is 0 Å². The second-order valence-corrected chi connectivity index (χ2v) is 4.95. The van der Waals surface area contributed by atoms with E-state index in [-0.39, 0.29) is 5.69 Å². The van der Waals surface area contributed by atoms with Crippen LogP contribution >= 0.6 is 0 Å². The molecule has 1 aliphatic rings. The average molecular weight is 269 g/mol. The zero-order chi connectivity index (χ0) is 14.0. The smallest absolute Gasteiger partial charge is 0.338 e. The van der Waals surface area contributed by atoms with Gasteiger partial charge in [-0.3, -0.25) is 0 Å². The molecule has 1 atom stereocenters. The van der Waals surface area contributed by atoms with E-state index in [1.165, 1.54) is 6.07 Å². The maximum Gasteiger partial charge on any atom is 0.338 e. The molecule has 1 aromatic rings. The minimum absolute atomic E-state index is 0.168. The summed E-state index contributed by atoms with van der Waals surface area (Å²) < 4.78 is 27.5. The zero-order valence-electron chi connectivity index (χ0n) is 10.8. The Morgan fingerprint density at radius 3 is 2.79 bits per heavy atom. The van der Waals surface area contributed by atoms with E-state index >= 15 is 0 Å². The van der Waals surface area contributed by atoms with Crippen LogP contribution in [0, 0.1) is 17.6 Å². The number of rotatable bonds is 4. The van der Waals surface area contributed by atoms with Gasteiger partial charge in [0, 0.05) is 13.1 Å². The second kappa shape index (κ2) is 5.55. The fourth-order valence-electron chi connectivity index (χ4n) is 2.64. The summed E-state index contributed by atoms with van der Waals surface area (Å²) in [5, 5.41) is 8.74. The van der Waals surface area contributed by atoms with Gasteiger partial charge in [-0.05, 0) is 30.9 Å². The van der Waals surface area contributed by atoms with Gasteiger partial charge in [-0.15, -0.1) is 0 Å². The minimum atomic E-state index is -1.45. The lowest BCUT2D eigenvalue weighted by atomic mass is 10.0. The molecule has 0 amide bonds. The molecular formula is C14H17F2NO2. The van der Waals surface area contributed by atoms with Crippen molar-refractivity contribution in [3.05, 3.63) is 29.3 Å². The molecule has 104 valence electrons. The number of carboxylic acids is 1. The summed E-state index contributed by atoms with van der Waals surface area (Å²) in [6.07, 6.45) is 3.12. The summed E-state index contributed by atoms with van der Waals surface area (Å²) in [7, 11) is 0. The van der Waals surface area contributed by atoms with Crippen LogP contribution in [0.15, 0.2) is 12.1 Å². The van der Waals surface area contributed by atoms with Gasteiger partial charge < -0.3 is 10.0 Å². The lowest BCUT2D eigenvalue weighted by molar-refractivity contribution is 0.0690. The quantitative estimate of drug-likeness (QED) is 0.911. The SMILES string of the molecule is CCCC1CCN(c2ccc(C(=O)O)c(F)c2F)C1. The number of nitrogens with zero attached hydrogens (tertiary/aromatic N) is 1. The van der Waals surface area contributed by atoms with Crippen molar-refractivity contribution in [3.63, 3.8) is 0 Å². The molecule has 1 N–H and O–H groups in total. The van der Waals surface area contributed by atoms with Gasteiger partial charge in [-0.25, -0.2) is 13.6 Å². The molecular weight excluding hydrogens is 252 g/mol. The fraction of sp³-hybridized carbons (Fsp3) is 0.500. The van der Waals surface area contributed by atoms with Gasteiger partial charge in [0.25, 0.3) is 0 Å². The molecule has 0 spiro atoms. The Kier molecular flexibility index (Phi) is 4.02. The molecule has 5 heteroatoms. The first-order valence-electron chi connectivity index (χ1n) is 6.50. The van der Waals surface area contributed by atoms with Crippen LogP contribution in [0.5, 0.6) is 0 Å². The Hall–Kier alpha value is -1.65. The van der Waals surface area contributed by atoms with Crippen LogP contribution in [0.4, 0.5) is 14.5 Å². The van der Waals surface area contributed by atoms with Crippen LogP contribution in [-0.2, 0) is 0 Å². The molecule has 0 radical (unpaired) electrons. The van der Waals surface area contributed by atoms with Crippen molar-refractivity contribution in [2.45, 2.75) is 26.2 Å². The maximum atomic E-state index is 13.9. The van der Waals surface area contributed by atoms with Gasteiger partial charge >= 0.3 is 5.97 Å². The monoisotopic (exact) mass is 269 g/mol. The highest BCUT2D eigenvalue weighted by atomic mass is 19.2. The first-order chi connectivity index (χ1) is 9.04. The minimum Gasteiger partial charge on any atom is -0.478 e. The van der Waals surface area contributed by atoms with Crippen LogP contribution < -0.4 is 4.90 Å².